The molecule has 0 bridgehead atoms. The Hall–Kier alpha value is -2.77. The number of nitrogens with zero attached hydrogens (tertiary/aromatic N) is 3. The number of aromatic hydroxyl groups is 1. The van der Waals surface area contributed by atoms with Crippen LogP contribution in [0.15, 0.2) is 28.3 Å². The van der Waals surface area contributed by atoms with Crippen LogP contribution < -0.4 is 5.32 Å². The van der Waals surface area contributed by atoms with Crippen LogP contribution in [-0.2, 0) is 10.1 Å². The van der Waals surface area contributed by atoms with Gasteiger partial charge in [0.2, 0.25) is 0 Å². The molecule has 3 N–H and O–H groups in total. The normalized spacial score (nSPS) is 9.86. The number of hydrogen-bond donors (Lipinski definition) is 3. The van der Waals surface area contributed by atoms with Crippen LogP contribution >= 0.6 is 11.6 Å². The Morgan fingerprint density at radius 3 is 2.19 bits per heavy atom. The Morgan fingerprint density at radius 2 is 1.76 bits per heavy atom. The minimum absolute atomic E-state index is 0.171. The summed E-state index contributed by atoms with van der Waals surface area (Å²) in [5.74, 6) is -0.912. The van der Waals surface area contributed by atoms with Crippen molar-refractivity contribution < 1.29 is 18.1 Å². The molecule has 0 unspecified atom stereocenters. The first kappa shape index (κ1) is 16.3. The Morgan fingerprint density at radius 1 is 1.19 bits per heavy atom. The number of phenols is 1. The van der Waals surface area contributed by atoms with Gasteiger partial charge in [0.25, 0.3) is 10.1 Å². The van der Waals surface area contributed by atoms with Crippen molar-refractivity contribution in [2.45, 2.75) is 4.90 Å². The summed E-state index contributed by atoms with van der Waals surface area (Å²) < 4.78 is 31.1. The number of anilines is 1. The van der Waals surface area contributed by atoms with Crippen molar-refractivity contribution in [1.82, 2.24) is 0 Å². The van der Waals surface area contributed by atoms with Crippen molar-refractivity contribution >= 4 is 27.4 Å². The van der Waals surface area contributed by atoms with Crippen LogP contribution in [0.2, 0.25) is 5.02 Å². The topological polar surface area (TPSA) is 158 Å². The molecule has 0 aliphatic rings. The van der Waals surface area contributed by atoms with Crippen molar-refractivity contribution in [3.05, 3.63) is 28.4 Å². The maximum absolute atomic E-state index is 11.1. The number of hydrogen-bond acceptors (Lipinski definition) is 7. The molecule has 0 saturated heterocycles. The molecule has 106 valence electrons. The second kappa shape index (κ2) is 6.12. The third-order valence-electron chi connectivity index (χ3n) is 2.16. The minimum Gasteiger partial charge on any atom is -0.504 e. The summed E-state index contributed by atoms with van der Waals surface area (Å²) in [6.07, 6.45) is 0. The highest BCUT2D eigenvalue weighted by Gasteiger charge is 2.20. The summed E-state index contributed by atoms with van der Waals surface area (Å²) in [4.78, 5) is -0.884. The Bertz CT molecular complexity index is 840. The first-order valence-corrected chi connectivity index (χ1v) is 6.78. The fourth-order valence-corrected chi connectivity index (χ4v) is 2.20. The first-order valence-electron chi connectivity index (χ1n) is 4.96. The number of nitrogens with one attached hydrogen (secondary N) is 1. The molecule has 0 aliphatic carbocycles. The third kappa shape index (κ3) is 3.62. The van der Waals surface area contributed by atoms with Crippen LogP contribution in [-0.4, -0.2) is 18.1 Å². The number of phenolic OH excluding ortho intramolecular Hbond substituents is 1. The zero-order valence-corrected chi connectivity index (χ0v) is 11.6. The summed E-state index contributed by atoms with van der Waals surface area (Å²) in [5, 5.41) is 38.0. The van der Waals surface area contributed by atoms with E-state index in [1.165, 1.54) is 18.2 Å². The number of rotatable bonds is 3. The quantitative estimate of drug-likeness (QED) is 0.429. The van der Waals surface area contributed by atoms with E-state index in [0.717, 1.165) is 12.1 Å². The molecule has 0 aliphatic heterocycles. The number of halogens is 1. The van der Waals surface area contributed by atoms with Crippen LogP contribution in [0, 0.1) is 34.0 Å². The fourth-order valence-electron chi connectivity index (χ4n) is 1.28. The van der Waals surface area contributed by atoms with Gasteiger partial charge in [-0.25, -0.2) is 0 Å². The number of allylic oxidation sites excluding steroid dienone is 2. The van der Waals surface area contributed by atoms with Crippen LogP contribution in [0.5, 0.6) is 5.75 Å². The van der Waals surface area contributed by atoms with E-state index in [9.17, 15) is 13.5 Å². The third-order valence-corrected chi connectivity index (χ3v) is 3.25. The number of nitriles is 3. The molecule has 0 spiro atoms. The maximum atomic E-state index is 11.1. The molecule has 21 heavy (non-hydrogen) atoms. The molecule has 0 heterocycles. The van der Waals surface area contributed by atoms with Gasteiger partial charge in [0.05, 0.1) is 5.69 Å². The van der Waals surface area contributed by atoms with Crippen molar-refractivity contribution in [2.75, 3.05) is 5.32 Å². The second-order valence-corrected chi connectivity index (χ2v) is 5.31. The van der Waals surface area contributed by atoms with Crippen LogP contribution in [0.4, 0.5) is 5.69 Å². The molecular weight excluding hydrogens is 320 g/mol. The van der Waals surface area contributed by atoms with Crippen LogP contribution in [0.1, 0.15) is 0 Å². The van der Waals surface area contributed by atoms with Crippen molar-refractivity contribution in [3.63, 3.8) is 0 Å². The zero-order valence-electron chi connectivity index (χ0n) is 9.99. The summed E-state index contributed by atoms with van der Waals surface area (Å²) in [5.41, 5.74) is -1.46. The zero-order chi connectivity index (χ0) is 16.2. The average Bonchev–Trinajstić information content (AvgIpc) is 2.40. The predicted octanol–water partition coefficient (Wildman–Crippen LogP) is 1.53. The molecular formula is C11H5ClN4O4S. The summed E-state index contributed by atoms with van der Waals surface area (Å²) >= 11 is 5.65. The molecule has 0 fully saturated rings. The van der Waals surface area contributed by atoms with Gasteiger partial charge >= 0.3 is 0 Å². The lowest BCUT2D eigenvalue weighted by molar-refractivity contribution is 0.445. The Balaban J connectivity index is 3.53. The highest BCUT2D eigenvalue weighted by atomic mass is 35.5. The summed E-state index contributed by atoms with van der Waals surface area (Å²) in [6.45, 7) is 0. The molecule has 0 aromatic heterocycles. The molecule has 1 rings (SSSR count). The lowest BCUT2D eigenvalue weighted by atomic mass is 10.2. The molecule has 0 amide bonds. The van der Waals surface area contributed by atoms with Crippen molar-refractivity contribution in [2.24, 2.45) is 0 Å². The van der Waals surface area contributed by atoms with E-state index in [-0.39, 0.29) is 10.7 Å². The Labute approximate surface area is 124 Å². The van der Waals surface area contributed by atoms with Gasteiger partial charge in [-0.1, -0.05) is 11.6 Å². The molecule has 10 heteroatoms. The van der Waals surface area contributed by atoms with E-state index >= 15 is 0 Å². The monoisotopic (exact) mass is 324 g/mol. The van der Waals surface area contributed by atoms with Gasteiger partial charge in [-0.05, 0) is 12.1 Å². The van der Waals surface area contributed by atoms with Crippen molar-refractivity contribution in [1.29, 1.82) is 15.8 Å². The lowest BCUT2D eigenvalue weighted by Gasteiger charge is -2.10. The van der Waals surface area contributed by atoms with Gasteiger partial charge in [-0.2, -0.15) is 24.2 Å². The highest BCUT2D eigenvalue weighted by Crippen LogP contribution is 2.35. The standard InChI is InChI=1S/C11H5ClN4O4S/c12-7-1-8(11(17)10(2-7)21(18,19)20)16-9(5-15)6(3-13)4-14/h1-2,16-17H,(H,18,19,20). The highest BCUT2D eigenvalue weighted by molar-refractivity contribution is 7.86. The second-order valence-electron chi connectivity index (χ2n) is 3.49. The lowest BCUT2D eigenvalue weighted by Crippen LogP contribution is -2.04. The minimum atomic E-state index is -4.76. The first-order chi connectivity index (χ1) is 9.74. The fraction of sp³-hybridized carbons (Fsp3) is 0. The molecule has 0 atom stereocenters. The van der Waals surface area contributed by atoms with Gasteiger partial charge in [0.1, 0.15) is 28.8 Å². The maximum Gasteiger partial charge on any atom is 0.298 e. The molecule has 0 radical (unpaired) electrons. The van der Waals surface area contributed by atoms with E-state index in [1.54, 1.807) is 0 Å². The van der Waals surface area contributed by atoms with E-state index in [0.29, 0.717) is 0 Å². The van der Waals surface area contributed by atoms with Crippen molar-refractivity contribution in [3.8, 4) is 24.0 Å². The van der Waals surface area contributed by atoms with E-state index in [1.807, 2.05) is 0 Å². The van der Waals surface area contributed by atoms with E-state index in [4.69, 9.17) is 31.9 Å². The van der Waals surface area contributed by atoms with Gasteiger partial charge in [0.15, 0.2) is 11.3 Å². The SMILES string of the molecule is N#CC(C#N)=C(C#N)Nc1cc(Cl)cc(S(=O)(=O)O)c1O. The average molecular weight is 325 g/mol. The summed E-state index contributed by atoms with van der Waals surface area (Å²) in [7, 11) is -4.76. The molecule has 8 nitrogen and oxygen atoms in total. The predicted molar refractivity (Wildman–Crippen MR) is 70.4 cm³/mol. The van der Waals surface area contributed by atoms with E-state index in [2.05, 4.69) is 5.32 Å². The number of benzene rings is 1. The molecule has 0 saturated carbocycles. The van der Waals surface area contributed by atoms with Gasteiger partial charge in [-0.3, -0.25) is 4.55 Å². The smallest absolute Gasteiger partial charge is 0.298 e. The van der Waals surface area contributed by atoms with Gasteiger partial charge in [-0.15, -0.1) is 0 Å². The summed E-state index contributed by atoms with van der Waals surface area (Å²) in [6, 6.07) is 6.27. The van der Waals surface area contributed by atoms with Gasteiger partial charge < -0.3 is 10.4 Å². The largest absolute Gasteiger partial charge is 0.504 e. The molecule has 1 aromatic carbocycles. The molecule has 1 aromatic rings. The van der Waals surface area contributed by atoms with Gasteiger partial charge in [0, 0.05) is 5.02 Å². The van der Waals surface area contributed by atoms with E-state index < -0.39 is 32.0 Å². The van der Waals surface area contributed by atoms with Crippen LogP contribution in [0.3, 0.4) is 0 Å². The Kier molecular flexibility index (Phi) is 4.75. The van der Waals surface area contributed by atoms with Crippen LogP contribution in [0.25, 0.3) is 0 Å².